The van der Waals surface area contributed by atoms with Gasteiger partial charge in [-0.2, -0.15) is 0 Å². The molecule has 1 unspecified atom stereocenters. The first kappa shape index (κ1) is 20.0. The monoisotopic (exact) mass is 402 g/mol. The minimum absolute atomic E-state index is 0. The molecular formula is C18H23ClN8O. The number of amides is 1. The zero-order chi connectivity index (χ0) is 19.0. The smallest absolute Gasteiger partial charge is 0.277 e. The van der Waals surface area contributed by atoms with Gasteiger partial charge in [-0.05, 0) is 32.9 Å². The van der Waals surface area contributed by atoms with Crippen LogP contribution in [0.4, 0.5) is 11.6 Å². The highest BCUT2D eigenvalue weighted by atomic mass is 35.5. The van der Waals surface area contributed by atoms with Gasteiger partial charge in [0.15, 0.2) is 17.3 Å². The van der Waals surface area contributed by atoms with Gasteiger partial charge in [0, 0.05) is 38.1 Å². The maximum absolute atomic E-state index is 12.6. The number of halogens is 1. The summed E-state index contributed by atoms with van der Waals surface area (Å²) in [4.78, 5) is 23.5. The summed E-state index contributed by atoms with van der Waals surface area (Å²) in [5, 5.41) is 14.5. The third-order valence-corrected chi connectivity index (χ3v) is 4.54. The Bertz CT molecular complexity index is 987. The maximum Gasteiger partial charge on any atom is 0.277 e. The van der Waals surface area contributed by atoms with Crippen LogP contribution in [-0.2, 0) is 0 Å². The number of nitrogens with zero attached hydrogens (tertiary/aromatic N) is 6. The van der Waals surface area contributed by atoms with Gasteiger partial charge in [-0.1, -0.05) is 0 Å². The van der Waals surface area contributed by atoms with Crippen LogP contribution in [0, 0.1) is 13.8 Å². The first-order chi connectivity index (χ1) is 13.0. The Morgan fingerprint density at radius 1 is 1.21 bits per heavy atom. The van der Waals surface area contributed by atoms with E-state index in [-0.39, 0.29) is 18.3 Å². The molecule has 0 bridgehead atoms. The minimum atomic E-state index is -0.329. The quantitative estimate of drug-likeness (QED) is 0.686. The van der Waals surface area contributed by atoms with E-state index in [2.05, 4.69) is 42.6 Å². The highest BCUT2D eigenvalue weighted by Gasteiger charge is 2.18. The first-order valence-corrected chi connectivity index (χ1v) is 8.96. The van der Waals surface area contributed by atoms with E-state index in [1.165, 1.54) is 0 Å². The molecule has 1 aliphatic heterocycles. The molecular weight excluding hydrogens is 380 g/mol. The van der Waals surface area contributed by atoms with Crippen molar-refractivity contribution in [1.29, 1.82) is 0 Å². The van der Waals surface area contributed by atoms with Crippen LogP contribution in [0.3, 0.4) is 0 Å². The van der Waals surface area contributed by atoms with Crippen LogP contribution in [0.1, 0.15) is 28.8 Å². The van der Waals surface area contributed by atoms with E-state index in [1.54, 1.807) is 12.3 Å². The molecule has 1 amide bonds. The molecule has 2 N–H and O–H groups in total. The number of hydrogen-bond acceptors (Lipinski definition) is 7. The first-order valence-electron chi connectivity index (χ1n) is 8.96. The molecule has 0 radical (unpaired) electrons. The van der Waals surface area contributed by atoms with Crippen LogP contribution in [0.15, 0.2) is 24.5 Å². The lowest BCUT2D eigenvalue weighted by Crippen LogP contribution is -2.49. The second-order valence-electron chi connectivity index (χ2n) is 6.86. The number of aryl methyl sites for hydroxylation is 2. The molecule has 0 aliphatic carbocycles. The van der Waals surface area contributed by atoms with Gasteiger partial charge < -0.3 is 19.9 Å². The topological polar surface area (TPSA) is 100 Å². The number of carbonyl (C=O) groups excluding carboxylic acids is 1. The minimum Gasteiger partial charge on any atom is -0.352 e. The highest BCUT2D eigenvalue weighted by molar-refractivity contribution is 6.02. The number of imidazole rings is 1. The Hall–Kier alpha value is -2.78. The van der Waals surface area contributed by atoms with E-state index < -0.39 is 0 Å². The number of fused-ring (bicyclic) bond motifs is 1. The van der Waals surface area contributed by atoms with E-state index in [9.17, 15) is 4.79 Å². The van der Waals surface area contributed by atoms with Gasteiger partial charge in [0.2, 0.25) is 0 Å². The van der Waals surface area contributed by atoms with Crippen molar-refractivity contribution in [3.63, 3.8) is 0 Å². The van der Waals surface area contributed by atoms with Crippen LogP contribution in [-0.4, -0.2) is 56.1 Å². The van der Waals surface area contributed by atoms with E-state index >= 15 is 0 Å². The van der Waals surface area contributed by atoms with Gasteiger partial charge in [0.05, 0.1) is 11.4 Å². The number of anilines is 2. The fourth-order valence-electron chi connectivity index (χ4n) is 3.26. The second-order valence-corrected chi connectivity index (χ2v) is 6.86. The molecule has 10 heteroatoms. The molecule has 1 fully saturated rings. The molecule has 4 heterocycles. The summed E-state index contributed by atoms with van der Waals surface area (Å²) in [5.74, 6) is 0.878. The van der Waals surface area contributed by atoms with Gasteiger partial charge in [0.25, 0.3) is 5.91 Å². The average molecular weight is 403 g/mol. The Balaban J connectivity index is 0.00000225. The summed E-state index contributed by atoms with van der Waals surface area (Å²) in [7, 11) is 0. The highest BCUT2D eigenvalue weighted by Crippen LogP contribution is 2.15. The van der Waals surface area contributed by atoms with Crippen molar-refractivity contribution in [2.24, 2.45) is 0 Å². The molecule has 3 aromatic rings. The zero-order valence-electron chi connectivity index (χ0n) is 16.0. The van der Waals surface area contributed by atoms with Gasteiger partial charge in [-0.25, -0.2) is 9.97 Å². The molecule has 0 saturated carbocycles. The summed E-state index contributed by atoms with van der Waals surface area (Å²) < 4.78 is 1.81. The molecule has 0 spiro atoms. The van der Waals surface area contributed by atoms with Crippen molar-refractivity contribution >= 4 is 35.6 Å². The van der Waals surface area contributed by atoms with Crippen molar-refractivity contribution < 1.29 is 4.79 Å². The second kappa shape index (κ2) is 8.07. The molecule has 1 aliphatic rings. The van der Waals surface area contributed by atoms with Crippen molar-refractivity contribution in [3.05, 3.63) is 41.6 Å². The zero-order valence-corrected chi connectivity index (χ0v) is 16.8. The van der Waals surface area contributed by atoms with E-state index in [4.69, 9.17) is 0 Å². The predicted octanol–water partition coefficient (Wildman–Crippen LogP) is 1.61. The molecule has 4 rings (SSSR count). The lowest BCUT2D eigenvalue weighted by atomic mass is 10.2. The summed E-state index contributed by atoms with van der Waals surface area (Å²) >= 11 is 0. The Labute approximate surface area is 169 Å². The molecule has 0 aromatic carbocycles. The number of carbonyl (C=O) groups is 1. The number of piperazine rings is 1. The number of nitrogens with one attached hydrogen (secondary N) is 2. The third-order valence-electron chi connectivity index (χ3n) is 4.54. The maximum atomic E-state index is 12.6. The molecule has 1 atom stereocenters. The predicted molar refractivity (Wildman–Crippen MR) is 109 cm³/mol. The van der Waals surface area contributed by atoms with Crippen LogP contribution in [0.5, 0.6) is 0 Å². The molecule has 1 saturated heterocycles. The lowest BCUT2D eigenvalue weighted by molar-refractivity contribution is 0.102. The number of hydrogen-bond donors (Lipinski definition) is 2. The SMILES string of the molecule is Cc1cn2cc(C(=O)Nc3ccc(N4CCNC(C)C4)nn3)nc(C)c2n1.Cl. The van der Waals surface area contributed by atoms with Gasteiger partial charge in [0.1, 0.15) is 5.69 Å². The Morgan fingerprint density at radius 3 is 2.75 bits per heavy atom. The normalized spacial score (nSPS) is 16.7. The van der Waals surface area contributed by atoms with E-state index in [0.29, 0.717) is 23.2 Å². The third kappa shape index (κ3) is 4.05. The van der Waals surface area contributed by atoms with E-state index in [1.807, 2.05) is 30.5 Å². The average Bonchev–Trinajstić information content (AvgIpc) is 3.03. The van der Waals surface area contributed by atoms with E-state index in [0.717, 1.165) is 36.8 Å². The summed E-state index contributed by atoms with van der Waals surface area (Å²) in [6.45, 7) is 8.57. The fraction of sp³-hybridized carbons (Fsp3) is 0.389. The van der Waals surface area contributed by atoms with Crippen molar-refractivity contribution in [3.8, 4) is 0 Å². The Kier molecular flexibility index (Phi) is 5.76. The van der Waals surface area contributed by atoms with Crippen molar-refractivity contribution in [1.82, 2.24) is 29.9 Å². The number of rotatable bonds is 3. The van der Waals surface area contributed by atoms with Crippen molar-refractivity contribution in [2.75, 3.05) is 29.9 Å². The fourth-order valence-corrected chi connectivity index (χ4v) is 3.26. The van der Waals surface area contributed by atoms with Gasteiger partial charge in [-0.3, -0.25) is 4.79 Å². The van der Waals surface area contributed by atoms with Crippen LogP contribution in [0.25, 0.3) is 5.65 Å². The van der Waals surface area contributed by atoms with Crippen LogP contribution >= 0.6 is 12.4 Å². The van der Waals surface area contributed by atoms with Crippen molar-refractivity contribution in [2.45, 2.75) is 26.8 Å². The molecule has 3 aromatic heterocycles. The molecule has 28 heavy (non-hydrogen) atoms. The van der Waals surface area contributed by atoms with Gasteiger partial charge >= 0.3 is 0 Å². The number of aromatic nitrogens is 5. The van der Waals surface area contributed by atoms with Crippen LogP contribution < -0.4 is 15.5 Å². The summed E-state index contributed by atoms with van der Waals surface area (Å²) in [6, 6.07) is 4.05. The summed E-state index contributed by atoms with van der Waals surface area (Å²) in [6.07, 6.45) is 3.53. The van der Waals surface area contributed by atoms with Crippen LogP contribution in [0.2, 0.25) is 0 Å². The lowest BCUT2D eigenvalue weighted by Gasteiger charge is -2.32. The standard InChI is InChI=1S/C18H22N8O.ClH/c1-11-8-25(7-6-19-11)16-5-4-15(23-24-16)22-18(27)14-10-26-9-12(2)20-17(26)13(3)21-14;/h4-5,9-11,19H,6-8H2,1-3H3,(H,22,23,27);1H. The Morgan fingerprint density at radius 2 is 2.04 bits per heavy atom. The summed E-state index contributed by atoms with van der Waals surface area (Å²) in [5.41, 5.74) is 2.63. The molecule has 148 valence electrons. The molecule has 9 nitrogen and oxygen atoms in total. The van der Waals surface area contributed by atoms with Gasteiger partial charge in [-0.15, -0.1) is 22.6 Å². The largest absolute Gasteiger partial charge is 0.352 e.